The van der Waals surface area contributed by atoms with Crippen LogP contribution in [0.15, 0.2) is 29.2 Å². The van der Waals surface area contributed by atoms with Crippen LogP contribution in [0.1, 0.15) is 13.8 Å². The molecule has 0 aromatic heterocycles. The summed E-state index contributed by atoms with van der Waals surface area (Å²) >= 11 is 0. The first-order valence-electron chi connectivity index (χ1n) is 5.27. The number of hydrogen-bond donors (Lipinski definition) is 2. The van der Waals surface area contributed by atoms with Crippen LogP contribution in [0.4, 0.5) is 5.69 Å². The zero-order valence-corrected chi connectivity index (χ0v) is 11.0. The zero-order valence-electron chi connectivity index (χ0n) is 10.2. The van der Waals surface area contributed by atoms with Crippen molar-refractivity contribution < 1.29 is 13.2 Å². The Morgan fingerprint density at radius 3 is 2.18 bits per heavy atom. The van der Waals surface area contributed by atoms with E-state index < -0.39 is 10.0 Å². The van der Waals surface area contributed by atoms with E-state index in [9.17, 15) is 8.42 Å². The van der Waals surface area contributed by atoms with E-state index in [0.717, 1.165) is 5.69 Å². The Kier molecular flexibility index (Phi) is 4.50. The first kappa shape index (κ1) is 14.0. The standard InChI is InChI=1S/C11H18N2O3S/c1-8(9(2)16-3)13-10-4-6-11(7-5-10)17(12,14)15/h4-9,13H,1-3H3,(H2,12,14,15). The third kappa shape index (κ3) is 3.99. The highest BCUT2D eigenvalue weighted by Crippen LogP contribution is 2.14. The minimum atomic E-state index is -3.62. The van der Waals surface area contributed by atoms with Gasteiger partial charge >= 0.3 is 0 Å². The third-order valence-electron chi connectivity index (χ3n) is 2.65. The quantitative estimate of drug-likeness (QED) is 0.830. The number of nitrogens with two attached hydrogens (primary N) is 1. The van der Waals surface area contributed by atoms with Gasteiger partial charge in [-0.25, -0.2) is 13.6 Å². The average molecular weight is 258 g/mol. The lowest BCUT2D eigenvalue weighted by molar-refractivity contribution is 0.106. The number of rotatable bonds is 5. The number of nitrogens with one attached hydrogen (secondary N) is 1. The molecular formula is C11H18N2O3S. The van der Waals surface area contributed by atoms with Crippen LogP contribution in [-0.4, -0.2) is 27.7 Å². The summed E-state index contributed by atoms with van der Waals surface area (Å²) in [5.74, 6) is 0. The van der Waals surface area contributed by atoms with Crippen LogP contribution in [0.5, 0.6) is 0 Å². The summed E-state index contributed by atoms with van der Waals surface area (Å²) in [6, 6.07) is 6.43. The molecule has 2 unspecified atom stereocenters. The van der Waals surface area contributed by atoms with E-state index in [4.69, 9.17) is 9.88 Å². The predicted octanol–water partition coefficient (Wildman–Crippen LogP) is 1.17. The molecule has 0 aliphatic rings. The van der Waals surface area contributed by atoms with Crippen LogP contribution < -0.4 is 10.5 Å². The molecule has 0 heterocycles. The largest absolute Gasteiger partial charge is 0.380 e. The van der Waals surface area contributed by atoms with E-state index in [1.807, 2.05) is 13.8 Å². The Morgan fingerprint density at radius 2 is 1.76 bits per heavy atom. The van der Waals surface area contributed by atoms with Crippen molar-refractivity contribution in [3.63, 3.8) is 0 Å². The molecule has 0 radical (unpaired) electrons. The second kappa shape index (κ2) is 5.48. The fourth-order valence-corrected chi connectivity index (χ4v) is 1.84. The molecule has 0 saturated carbocycles. The summed E-state index contributed by atoms with van der Waals surface area (Å²) in [6.07, 6.45) is 0.0629. The number of benzene rings is 1. The molecule has 0 amide bonds. The minimum Gasteiger partial charge on any atom is -0.380 e. The molecule has 2 atom stereocenters. The van der Waals surface area contributed by atoms with E-state index in [2.05, 4.69) is 5.32 Å². The second-order valence-electron chi connectivity index (χ2n) is 3.94. The van der Waals surface area contributed by atoms with Crippen LogP contribution in [0.2, 0.25) is 0 Å². The number of anilines is 1. The summed E-state index contributed by atoms with van der Waals surface area (Å²) in [4.78, 5) is 0.107. The Bertz CT molecular complexity index is 456. The average Bonchev–Trinajstić information content (AvgIpc) is 2.27. The maximum atomic E-state index is 11.1. The van der Waals surface area contributed by atoms with Crippen molar-refractivity contribution >= 4 is 15.7 Å². The molecule has 1 aromatic carbocycles. The number of primary sulfonamides is 1. The Morgan fingerprint density at radius 1 is 1.24 bits per heavy atom. The molecule has 5 nitrogen and oxygen atoms in total. The summed E-state index contributed by atoms with van der Waals surface area (Å²) < 4.78 is 27.3. The Balaban J connectivity index is 2.76. The van der Waals surface area contributed by atoms with Gasteiger partial charge in [-0.15, -0.1) is 0 Å². The van der Waals surface area contributed by atoms with Crippen molar-refractivity contribution in [1.82, 2.24) is 0 Å². The van der Waals surface area contributed by atoms with Crippen molar-refractivity contribution in [1.29, 1.82) is 0 Å². The van der Waals surface area contributed by atoms with Crippen LogP contribution in [0.3, 0.4) is 0 Å². The Labute approximate surface area is 102 Å². The molecule has 6 heteroatoms. The first-order chi connectivity index (χ1) is 7.84. The SMILES string of the molecule is COC(C)C(C)Nc1ccc(S(N)(=O)=O)cc1. The normalized spacial score (nSPS) is 15.3. The summed E-state index contributed by atoms with van der Waals surface area (Å²) in [7, 11) is -1.98. The fraction of sp³-hybridized carbons (Fsp3) is 0.455. The second-order valence-corrected chi connectivity index (χ2v) is 5.50. The van der Waals surface area contributed by atoms with Gasteiger partial charge in [0, 0.05) is 18.8 Å². The maximum Gasteiger partial charge on any atom is 0.238 e. The molecule has 0 bridgehead atoms. The molecule has 3 N–H and O–H groups in total. The zero-order chi connectivity index (χ0) is 13.1. The number of sulfonamides is 1. The highest BCUT2D eigenvalue weighted by Gasteiger charge is 2.11. The molecule has 1 rings (SSSR count). The van der Waals surface area contributed by atoms with E-state index in [0.29, 0.717) is 0 Å². The topological polar surface area (TPSA) is 81.4 Å². The monoisotopic (exact) mass is 258 g/mol. The molecular weight excluding hydrogens is 240 g/mol. The van der Waals surface area contributed by atoms with E-state index in [-0.39, 0.29) is 17.0 Å². The van der Waals surface area contributed by atoms with Gasteiger partial charge in [-0.05, 0) is 38.1 Å². The van der Waals surface area contributed by atoms with Crippen LogP contribution in [0, 0.1) is 0 Å². The van der Waals surface area contributed by atoms with Gasteiger partial charge in [0.1, 0.15) is 0 Å². The highest BCUT2D eigenvalue weighted by molar-refractivity contribution is 7.89. The van der Waals surface area contributed by atoms with Gasteiger partial charge < -0.3 is 10.1 Å². The molecule has 0 aliphatic carbocycles. The van der Waals surface area contributed by atoms with Gasteiger partial charge in [-0.3, -0.25) is 0 Å². The van der Waals surface area contributed by atoms with Gasteiger partial charge in [0.2, 0.25) is 10.0 Å². The minimum absolute atomic E-state index is 0.0629. The van der Waals surface area contributed by atoms with Gasteiger partial charge in [-0.1, -0.05) is 0 Å². The molecule has 0 saturated heterocycles. The molecule has 96 valence electrons. The van der Waals surface area contributed by atoms with Gasteiger partial charge in [0.05, 0.1) is 11.0 Å². The number of methoxy groups -OCH3 is 1. The smallest absolute Gasteiger partial charge is 0.238 e. The summed E-state index contributed by atoms with van der Waals surface area (Å²) in [5, 5.41) is 8.22. The van der Waals surface area contributed by atoms with Gasteiger partial charge in [0.15, 0.2) is 0 Å². The predicted molar refractivity (Wildman–Crippen MR) is 67.4 cm³/mol. The van der Waals surface area contributed by atoms with Crippen molar-refractivity contribution in [2.45, 2.75) is 30.9 Å². The fourth-order valence-electron chi connectivity index (χ4n) is 1.33. The molecule has 0 fully saturated rings. The van der Waals surface area contributed by atoms with Crippen LogP contribution >= 0.6 is 0 Å². The lowest BCUT2D eigenvalue weighted by Gasteiger charge is -2.21. The Hall–Kier alpha value is -1.11. The van der Waals surface area contributed by atoms with E-state index in [1.165, 1.54) is 12.1 Å². The molecule has 0 aliphatic heterocycles. The van der Waals surface area contributed by atoms with Gasteiger partial charge in [-0.2, -0.15) is 0 Å². The van der Waals surface area contributed by atoms with E-state index in [1.54, 1.807) is 19.2 Å². The van der Waals surface area contributed by atoms with E-state index >= 15 is 0 Å². The third-order valence-corrected chi connectivity index (χ3v) is 3.58. The first-order valence-corrected chi connectivity index (χ1v) is 6.81. The number of hydrogen-bond acceptors (Lipinski definition) is 4. The molecule has 1 aromatic rings. The summed E-state index contributed by atoms with van der Waals surface area (Å²) in [5.41, 5.74) is 0.828. The molecule has 17 heavy (non-hydrogen) atoms. The lowest BCUT2D eigenvalue weighted by Crippen LogP contribution is -2.29. The van der Waals surface area contributed by atoms with Crippen molar-refractivity contribution in [3.05, 3.63) is 24.3 Å². The lowest BCUT2D eigenvalue weighted by atomic mass is 10.2. The number of ether oxygens (including phenoxy) is 1. The summed E-state index contributed by atoms with van der Waals surface area (Å²) in [6.45, 7) is 3.94. The van der Waals surface area contributed by atoms with Crippen molar-refractivity contribution in [2.75, 3.05) is 12.4 Å². The highest BCUT2D eigenvalue weighted by atomic mass is 32.2. The molecule has 0 spiro atoms. The van der Waals surface area contributed by atoms with Crippen LogP contribution in [-0.2, 0) is 14.8 Å². The van der Waals surface area contributed by atoms with Gasteiger partial charge in [0.25, 0.3) is 0 Å². The van der Waals surface area contributed by atoms with Crippen molar-refractivity contribution in [3.8, 4) is 0 Å². The maximum absolute atomic E-state index is 11.1. The van der Waals surface area contributed by atoms with Crippen LogP contribution in [0.25, 0.3) is 0 Å². The van der Waals surface area contributed by atoms with Crippen molar-refractivity contribution in [2.24, 2.45) is 5.14 Å².